The van der Waals surface area contributed by atoms with Gasteiger partial charge >= 0.3 is 0 Å². The Morgan fingerprint density at radius 1 is 1.43 bits per heavy atom. The molecule has 1 aliphatic rings. The van der Waals surface area contributed by atoms with Gasteiger partial charge in [-0.25, -0.2) is 0 Å². The van der Waals surface area contributed by atoms with Gasteiger partial charge in [0.05, 0.1) is 0 Å². The number of hydrogen-bond acceptors (Lipinski definition) is 2. The van der Waals surface area contributed by atoms with Crippen molar-refractivity contribution in [1.29, 1.82) is 0 Å². The lowest BCUT2D eigenvalue weighted by atomic mass is 10.1. The summed E-state index contributed by atoms with van der Waals surface area (Å²) in [4.78, 5) is 0. The zero-order valence-corrected chi connectivity index (χ0v) is 10.5. The lowest BCUT2D eigenvalue weighted by Gasteiger charge is -2.27. The molecule has 14 heavy (non-hydrogen) atoms. The van der Waals surface area contributed by atoms with E-state index in [1.807, 2.05) is 0 Å². The van der Waals surface area contributed by atoms with Crippen LogP contribution in [0.4, 0.5) is 0 Å². The van der Waals surface area contributed by atoms with Crippen molar-refractivity contribution in [3.05, 3.63) is 0 Å². The Kier molecular flexibility index (Phi) is 6.70. The minimum absolute atomic E-state index is 0.777. The smallest absolute Gasteiger partial charge is 0.0161 e. The van der Waals surface area contributed by atoms with E-state index in [0.717, 1.165) is 12.1 Å². The van der Waals surface area contributed by atoms with Crippen LogP contribution in [0.5, 0.6) is 0 Å². The average molecular weight is 215 g/mol. The van der Waals surface area contributed by atoms with E-state index >= 15 is 0 Å². The predicted octanol–water partition coefficient (Wildman–Crippen LogP) is 3.44. The fourth-order valence-corrected chi connectivity index (χ4v) is 3.15. The van der Waals surface area contributed by atoms with Crippen LogP contribution in [-0.4, -0.2) is 23.6 Å². The third-order valence-electron chi connectivity index (χ3n) is 3.03. The highest BCUT2D eigenvalue weighted by Gasteiger charge is 2.16. The van der Waals surface area contributed by atoms with E-state index in [1.54, 1.807) is 0 Å². The standard InChI is InChI=1S/C12H25NS/c1-3-5-7-11(4-2)13-12-8-6-9-14-10-12/h11-13H,3-10H2,1-2H3. The summed E-state index contributed by atoms with van der Waals surface area (Å²) in [7, 11) is 0. The van der Waals surface area contributed by atoms with Crippen LogP contribution in [0, 0.1) is 0 Å². The van der Waals surface area contributed by atoms with Crippen molar-refractivity contribution >= 4 is 11.8 Å². The van der Waals surface area contributed by atoms with Gasteiger partial charge in [-0.2, -0.15) is 11.8 Å². The highest BCUT2D eigenvalue weighted by Crippen LogP contribution is 2.18. The van der Waals surface area contributed by atoms with Gasteiger partial charge in [0.1, 0.15) is 0 Å². The molecular formula is C12H25NS. The maximum Gasteiger partial charge on any atom is 0.0161 e. The van der Waals surface area contributed by atoms with Crippen molar-refractivity contribution in [3.63, 3.8) is 0 Å². The number of nitrogens with one attached hydrogen (secondary N) is 1. The molecule has 2 unspecified atom stereocenters. The summed E-state index contributed by atoms with van der Waals surface area (Å²) in [6.07, 6.45) is 8.18. The Balaban J connectivity index is 2.16. The fourth-order valence-electron chi connectivity index (χ4n) is 2.06. The summed E-state index contributed by atoms with van der Waals surface area (Å²) >= 11 is 2.12. The Bertz CT molecular complexity index is 132. The molecule has 1 nitrogen and oxygen atoms in total. The molecule has 0 amide bonds. The summed E-state index contributed by atoms with van der Waals surface area (Å²) in [5, 5.41) is 3.82. The van der Waals surface area contributed by atoms with Gasteiger partial charge < -0.3 is 5.32 Å². The van der Waals surface area contributed by atoms with Crippen LogP contribution in [0.15, 0.2) is 0 Å². The van der Waals surface area contributed by atoms with E-state index in [-0.39, 0.29) is 0 Å². The molecule has 1 saturated heterocycles. The maximum absolute atomic E-state index is 3.82. The molecule has 1 aliphatic heterocycles. The average Bonchev–Trinajstić information content (AvgIpc) is 2.25. The SMILES string of the molecule is CCCCC(CC)NC1CCCSC1. The lowest BCUT2D eigenvalue weighted by molar-refractivity contribution is 0.389. The first-order chi connectivity index (χ1) is 6.86. The monoisotopic (exact) mass is 215 g/mol. The van der Waals surface area contributed by atoms with Crippen LogP contribution >= 0.6 is 11.8 Å². The zero-order chi connectivity index (χ0) is 10.2. The third-order valence-corrected chi connectivity index (χ3v) is 4.25. The van der Waals surface area contributed by atoms with Crippen molar-refractivity contribution in [2.75, 3.05) is 11.5 Å². The molecule has 2 heteroatoms. The second-order valence-corrected chi connectivity index (χ2v) is 5.48. The fraction of sp³-hybridized carbons (Fsp3) is 1.00. The van der Waals surface area contributed by atoms with E-state index < -0.39 is 0 Å². The van der Waals surface area contributed by atoms with Crippen LogP contribution in [0.3, 0.4) is 0 Å². The van der Waals surface area contributed by atoms with Gasteiger partial charge in [0.2, 0.25) is 0 Å². The molecule has 0 aromatic heterocycles. The van der Waals surface area contributed by atoms with Gasteiger partial charge in [-0.1, -0.05) is 26.7 Å². The molecule has 0 saturated carbocycles. The summed E-state index contributed by atoms with van der Waals surface area (Å²) < 4.78 is 0. The number of unbranched alkanes of at least 4 members (excludes halogenated alkanes) is 1. The Labute approximate surface area is 93.4 Å². The zero-order valence-electron chi connectivity index (χ0n) is 9.72. The van der Waals surface area contributed by atoms with E-state index in [9.17, 15) is 0 Å². The van der Waals surface area contributed by atoms with Crippen LogP contribution in [0.1, 0.15) is 52.4 Å². The molecule has 0 spiro atoms. The first-order valence-electron chi connectivity index (χ1n) is 6.20. The Hall–Kier alpha value is 0.310. The minimum Gasteiger partial charge on any atom is -0.310 e. The van der Waals surface area contributed by atoms with Crippen molar-refractivity contribution < 1.29 is 0 Å². The van der Waals surface area contributed by atoms with Gasteiger partial charge in [0, 0.05) is 17.8 Å². The Morgan fingerprint density at radius 3 is 2.86 bits per heavy atom. The topological polar surface area (TPSA) is 12.0 Å². The largest absolute Gasteiger partial charge is 0.310 e. The lowest BCUT2D eigenvalue weighted by Crippen LogP contribution is -2.41. The van der Waals surface area contributed by atoms with Gasteiger partial charge in [-0.05, 0) is 31.4 Å². The first-order valence-corrected chi connectivity index (χ1v) is 7.36. The van der Waals surface area contributed by atoms with E-state index in [0.29, 0.717) is 0 Å². The van der Waals surface area contributed by atoms with Gasteiger partial charge in [-0.15, -0.1) is 0 Å². The minimum atomic E-state index is 0.777. The second-order valence-electron chi connectivity index (χ2n) is 4.33. The molecule has 0 aromatic rings. The molecule has 1 fully saturated rings. The first kappa shape index (κ1) is 12.4. The van der Waals surface area contributed by atoms with Crippen molar-refractivity contribution in [1.82, 2.24) is 5.32 Å². The second kappa shape index (κ2) is 7.58. The van der Waals surface area contributed by atoms with Crippen LogP contribution in [-0.2, 0) is 0 Å². The predicted molar refractivity (Wildman–Crippen MR) is 67.1 cm³/mol. The molecule has 84 valence electrons. The molecular weight excluding hydrogens is 190 g/mol. The molecule has 1 rings (SSSR count). The molecule has 2 atom stereocenters. The quantitative estimate of drug-likeness (QED) is 0.728. The maximum atomic E-state index is 3.82. The molecule has 1 heterocycles. The Morgan fingerprint density at radius 2 is 2.29 bits per heavy atom. The summed E-state index contributed by atoms with van der Waals surface area (Å²) in [6, 6.07) is 1.58. The summed E-state index contributed by atoms with van der Waals surface area (Å²) in [5.74, 6) is 2.71. The molecule has 0 radical (unpaired) electrons. The van der Waals surface area contributed by atoms with Crippen molar-refractivity contribution in [2.45, 2.75) is 64.5 Å². The third kappa shape index (κ3) is 4.70. The van der Waals surface area contributed by atoms with Gasteiger partial charge in [0.15, 0.2) is 0 Å². The molecule has 0 aliphatic carbocycles. The molecule has 0 aromatic carbocycles. The highest BCUT2D eigenvalue weighted by molar-refractivity contribution is 7.99. The van der Waals surface area contributed by atoms with Crippen LogP contribution in [0.25, 0.3) is 0 Å². The van der Waals surface area contributed by atoms with Crippen LogP contribution < -0.4 is 5.32 Å². The van der Waals surface area contributed by atoms with E-state index in [4.69, 9.17) is 0 Å². The van der Waals surface area contributed by atoms with E-state index in [2.05, 4.69) is 30.9 Å². The summed E-state index contributed by atoms with van der Waals surface area (Å²) in [5.41, 5.74) is 0. The van der Waals surface area contributed by atoms with Crippen LogP contribution in [0.2, 0.25) is 0 Å². The van der Waals surface area contributed by atoms with Gasteiger partial charge in [0.25, 0.3) is 0 Å². The highest BCUT2D eigenvalue weighted by atomic mass is 32.2. The van der Waals surface area contributed by atoms with E-state index in [1.165, 1.54) is 50.0 Å². The number of rotatable bonds is 6. The summed E-state index contributed by atoms with van der Waals surface area (Å²) in [6.45, 7) is 4.59. The number of thioether (sulfide) groups is 1. The van der Waals surface area contributed by atoms with Crippen molar-refractivity contribution in [2.24, 2.45) is 0 Å². The van der Waals surface area contributed by atoms with Gasteiger partial charge in [-0.3, -0.25) is 0 Å². The normalized spacial score (nSPS) is 24.9. The molecule has 1 N–H and O–H groups in total. The number of hydrogen-bond donors (Lipinski definition) is 1. The van der Waals surface area contributed by atoms with Crippen molar-refractivity contribution in [3.8, 4) is 0 Å². The molecule has 0 bridgehead atoms.